The average molecular weight is 476 g/mol. The molecule has 1 aliphatic heterocycles. The predicted octanol–water partition coefficient (Wildman–Crippen LogP) is 7.19. The molecule has 1 saturated heterocycles. The summed E-state index contributed by atoms with van der Waals surface area (Å²) in [6.07, 6.45) is 2.12. The maximum absolute atomic E-state index is 13.5. The van der Waals surface area contributed by atoms with Crippen LogP contribution in [0.1, 0.15) is 47.3 Å². The normalized spacial score (nSPS) is 15.1. The predicted molar refractivity (Wildman–Crippen MR) is 144 cm³/mol. The molecular formula is C32H30FN3. The van der Waals surface area contributed by atoms with Crippen LogP contribution in [0.2, 0.25) is 0 Å². The number of imidazole rings is 1. The number of piperidine rings is 1. The first-order chi connectivity index (χ1) is 17.8. The Kier molecular flexibility index (Phi) is 6.35. The molecule has 3 nitrogen and oxygen atoms in total. The molecule has 1 aliphatic rings. The van der Waals surface area contributed by atoms with E-state index < -0.39 is 0 Å². The first-order valence-corrected chi connectivity index (χ1v) is 12.8. The fourth-order valence-electron chi connectivity index (χ4n) is 5.64. The Morgan fingerprint density at radius 2 is 1.31 bits per heavy atom. The second-order valence-corrected chi connectivity index (χ2v) is 9.71. The van der Waals surface area contributed by atoms with E-state index in [4.69, 9.17) is 4.98 Å². The van der Waals surface area contributed by atoms with Crippen LogP contribution in [-0.4, -0.2) is 27.5 Å². The van der Waals surface area contributed by atoms with Crippen LogP contribution in [0.25, 0.3) is 11.0 Å². The zero-order valence-electron chi connectivity index (χ0n) is 20.3. The maximum Gasteiger partial charge on any atom is 0.123 e. The molecule has 5 aromatic rings. The Morgan fingerprint density at radius 3 is 1.94 bits per heavy atom. The minimum absolute atomic E-state index is 0.201. The largest absolute Gasteiger partial charge is 0.323 e. The fourth-order valence-corrected chi connectivity index (χ4v) is 5.64. The fraction of sp³-hybridized carbons (Fsp3) is 0.219. The molecule has 0 bridgehead atoms. The molecule has 180 valence electrons. The van der Waals surface area contributed by atoms with E-state index in [1.54, 1.807) is 12.1 Å². The number of hydrogen-bond acceptors (Lipinski definition) is 2. The molecule has 36 heavy (non-hydrogen) atoms. The summed E-state index contributed by atoms with van der Waals surface area (Å²) in [5.74, 6) is 1.34. The van der Waals surface area contributed by atoms with Gasteiger partial charge >= 0.3 is 0 Å². The van der Waals surface area contributed by atoms with Gasteiger partial charge < -0.3 is 4.57 Å². The quantitative estimate of drug-likeness (QED) is 0.259. The third kappa shape index (κ3) is 4.57. The average Bonchev–Trinajstić information content (AvgIpc) is 3.30. The van der Waals surface area contributed by atoms with Gasteiger partial charge in [0.25, 0.3) is 0 Å². The molecule has 2 heterocycles. The molecule has 0 spiro atoms. The molecule has 0 radical (unpaired) electrons. The molecule has 0 aliphatic carbocycles. The number of rotatable bonds is 6. The van der Waals surface area contributed by atoms with E-state index in [0.717, 1.165) is 48.4 Å². The minimum atomic E-state index is -0.201. The van der Waals surface area contributed by atoms with E-state index >= 15 is 0 Å². The Bertz CT molecular complexity index is 1380. The Hall–Kier alpha value is -3.76. The summed E-state index contributed by atoms with van der Waals surface area (Å²) in [4.78, 5) is 7.73. The lowest BCUT2D eigenvalue weighted by atomic mass is 9.91. The molecule has 1 fully saturated rings. The summed E-state index contributed by atoms with van der Waals surface area (Å²) in [6, 6.07) is 37.1. The van der Waals surface area contributed by atoms with Crippen LogP contribution in [0.5, 0.6) is 0 Å². The lowest BCUT2D eigenvalue weighted by Crippen LogP contribution is -2.37. The number of aromatic nitrogens is 2. The Balaban J connectivity index is 1.28. The first-order valence-electron chi connectivity index (χ1n) is 12.8. The van der Waals surface area contributed by atoms with Crippen LogP contribution in [0, 0.1) is 5.82 Å². The van der Waals surface area contributed by atoms with Gasteiger partial charge in [-0.25, -0.2) is 9.37 Å². The third-order valence-corrected chi connectivity index (χ3v) is 7.43. The van der Waals surface area contributed by atoms with E-state index in [-0.39, 0.29) is 11.9 Å². The van der Waals surface area contributed by atoms with Crippen molar-refractivity contribution in [1.29, 1.82) is 0 Å². The van der Waals surface area contributed by atoms with E-state index in [1.807, 2.05) is 18.2 Å². The van der Waals surface area contributed by atoms with E-state index in [1.165, 1.54) is 11.1 Å². The summed E-state index contributed by atoms with van der Waals surface area (Å²) < 4.78 is 15.9. The van der Waals surface area contributed by atoms with E-state index in [0.29, 0.717) is 12.5 Å². The number of hydrogen-bond donors (Lipinski definition) is 0. The van der Waals surface area contributed by atoms with Crippen molar-refractivity contribution < 1.29 is 4.39 Å². The molecule has 0 amide bonds. The zero-order valence-corrected chi connectivity index (χ0v) is 20.3. The van der Waals surface area contributed by atoms with Crippen molar-refractivity contribution in [3.63, 3.8) is 0 Å². The summed E-state index contributed by atoms with van der Waals surface area (Å²) in [7, 11) is 0. The van der Waals surface area contributed by atoms with Crippen molar-refractivity contribution in [1.82, 2.24) is 14.5 Å². The highest BCUT2D eigenvalue weighted by Crippen LogP contribution is 2.36. The van der Waals surface area contributed by atoms with Gasteiger partial charge in [0.05, 0.1) is 17.1 Å². The number of para-hydroxylation sites is 2. The monoisotopic (exact) mass is 475 g/mol. The van der Waals surface area contributed by atoms with Gasteiger partial charge in [-0.2, -0.15) is 0 Å². The summed E-state index contributed by atoms with van der Waals surface area (Å²) in [6.45, 7) is 2.73. The van der Waals surface area contributed by atoms with E-state index in [2.05, 4.69) is 88.3 Å². The van der Waals surface area contributed by atoms with Crippen molar-refractivity contribution >= 4 is 11.0 Å². The third-order valence-electron chi connectivity index (χ3n) is 7.43. The molecule has 1 aromatic heterocycles. The van der Waals surface area contributed by atoms with Crippen molar-refractivity contribution in [2.75, 3.05) is 13.1 Å². The molecule has 0 saturated carbocycles. The molecule has 4 heteroatoms. The topological polar surface area (TPSA) is 21.1 Å². The van der Waals surface area contributed by atoms with Crippen LogP contribution in [0.4, 0.5) is 4.39 Å². The number of halogens is 1. The summed E-state index contributed by atoms with van der Waals surface area (Å²) in [5, 5.41) is 0. The second-order valence-electron chi connectivity index (χ2n) is 9.71. The van der Waals surface area contributed by atoms with Gasteiger partial charge in [-0.3, -0.25) is 4.90 Å². The second kappa shape index (κ2) is 10.1. The van der Waals surface area contributed by atoms with Gasteiger partial charge in [0, 0.05) is 12.5 Å². The summed E-state index contributed by atoms with van der Waals surface area (Å²) in [5.41, 5.74) is 5.94. The number of nitrogens with zero attached hydrogens (tertiary/aromatic N) is 3. The number of likely N-dealkylation sites (tertiary alicyclic amines) is 1. The highest BCUT2D eigenvalue weighted by Gasteiger charge is 2.30. The highest BCUT2D eigenvalue weighted by molar-refractivity contribution is 5.76. The Morgan fingerprint density at radius 1 is 0.722 bits per heavy atom. The van der Waals surface area contributed by atoms with Crippen molar-refractivity contribution in [2.45, 2.75) is 31.3 Å². The lowest BCUT2D eigenvalue weighted by Gasteiger charge is -2.38. The molecule has 0 N–H and O–H groups in total. The molecule has 0 atom stereocenters. The minimum Gasteiger partial charge on any atom is -0.323 e. The smallest absolute Gasteiger partial charge is 0.123 e. The maximum atomic E-state index is 13.5. The molecule has 6 rings (SSSR count). The number of fused-ring (bicyclic) bond motifs is 1. The van der Waals surface area contributed by atoms with Crippen molar-refractivity contribution in [2.24, 2.45) is 0 Å². The van der Waals surface area contributed by atoms with Gasteiger partial charge in [0.2, 0.25) is 0 Å². The highest BCUT2D eigenvalue weighted by atomic mass is 19.1. The van der Waals surface area contributed by atoms with Gasteiger partial charge in [0.15, 0.2) is 0 Å². The van der Waals surface area contributed by atoms with Crippen LogP contribution in [0.3, 0.4) is 0 Å². The van der Waals surface area contributed by atoms with Crippen LogP contribution in [-0.2, 0) is 6.54 Å². The zero-order chi connectivity index (χ0) is 24.3. The van der Waals surface area contributed by atoms with Crippen LogP contribution >= 0.6 is 0 Å². The first kappa shape index (κ1) is 22.7. The van der Waals surface area contributed by atoms with Crippen LogP contribution in [0.15, 0.2) is 109 Å². The number of benzene rings is 4. The van der Waals surface area contributed by atoms with Crippen LogP contribution < -0.4 is 0 Å². The van der Waals surface area contributed by atoms with Gasteiger partial charge in [-0.1, -0.05) is 84.9 Å². The standard InChI is InChI=1S/C32H30FN3/c33-28-17-15-24(16-18-28)23-36-30-14-8-7-13-29(30)34-32(36)27-19-21-35(22-20-27)31(25-9-3-1-4-10-25)26-11-5-2-6-12-26/h1-18,27,31H,19-23H2. The van der Waals surface area contributed by atoms with E-state index in [9.17, 15) is 4.39 Å². The van der Waals surface area contributed by atoms with Gasteiger partial charge in [-0.15, -0.1) is 0 Å². The van der Waals surface area contributed by atoms with Gasteiger partial charge in [-0.05, 0) is 66.9 Å². The Labute approximate surface area is 211 Å². The SMILES string of the molecule is Fc1ccc(Cn2c(C3CCN(C(c4ccccc4)c4ccccc4)CC3)nc3ccccc32)cc1. The lowest BCUT2D eigenvalue weighted by molar-refractivity contribution is 0.170. The van der Waals surface area contributed by atoms with Gasteiger partial charge in [0.1, 0.15) is 11.6 Å². The molecular weight excluding hydrogens is 445 g/mol. The summed E-state index contributed by atoms with van der Waals surface area (Å²) >= 11 is 0. The van der Waals surface area contributed by atoms with Crippen molar-refractivity contribution in [3.05, 3.63) is 138 Å². The van der Waals surface area contributed by atoms with Crippen molar-refractivity contribution in [3.8, 4) is 0 Å². The molecule has 4 aromatic carbocycles. The molecule has 0 unspecified atom stereocenters.